The lowest BCUT2D eigenvalue weighted by Crippen LogP contribution is -2.01. The molecule has 3 aromatic heterocycles. The van der Waals surface area contributed by atoms with Crippen molar-refractivity contribution in [1.82, 2.24) is 15.0 Å². The summed E-state index contributed by atoms with van der Waals surface area (Å²) in [7, 11) is 0. The standard InChI is InChI=1S/C57H33N3O2/c1-2-13-39-34(11-1)12-7-16-40(39)35-25-27-36(28-26-35)55-58-56(38-29-31-41-37(33-38)30-32-52-53(41)47-14-3-5-22-49(47)62-52)60-57(59-55)46-21-9-17-42-43(18-8-19-44(42)46)45-20-10-24-51-54(45)48-15-4-6-23-50(48)61-51/h1-33H. The molecule has 0 radical (unpaired) electrons. The van der Waals surface area contributed by atoms with Gasteiger partial charge in [-0.1, -0.05) is 170 Å². The van der Waals surface area contributed by atoms with Gasteiger partial charge in [-0.3, -0.25) is 0 Å². The van der Waals surface area contributed by atoms with Gasteiger partial charge in [0.1, 0.15) is 22.3 Å². The molecular weight excluding hydrogens is 759 g/mol. The molecule has 5 heteroatoms. The summed E-state index contributed by atoms with van der Waals surface area (Å²) < 4.78 is 12.5. The van der Waals surface area contributed by atoms with Gasteiger partial charge >= 0.3 is 0 Å². The van der Waals surface area contributed by atoms with E-state index >= 15 is 0 Å². The van der Waals surface area contributed by atoms with Crippen molar-refractivity contribution >= 4 is 76.2 Å². The van der Waals surface area contributed by atoms with E-state index in [0.29, 0.717) is 17.5 Å². The molecule has 3 heterocycles. The van der Waals surface area contributed by atoms with E-state index in [2.05, 4.69) is 170 Å². The number of furan rings is 2. The molecule has 288 valence electrons. The maximum Gasteiger partial charge on any atom is 0.164 e. The van der Waals surface area contributed by atoms with Crippen molar-refractivity contribution in [2.75, 3.05) is 0 Å². The second-order valence-corrected chi connectivity index (χ2v) is 15.9. The third kappa shape index (κ3) is 5.38. The average Bonchev–Trinajstić information content (AvgIpc) is 3.92. The van der Waals surface area contributed by atoms with E-state index in [-0.39, 0.29) is 0 Å². The van der Waals surface area contributed by atoms with Crippen LogP contribution in [0.3, 0.4) is 0 Å². The topological polar surface area (TPSA) is 65.0 Å². The summed E-state index contributed by atoms with van der Waals surface area (Å²) in [6.45, 7) is 0. The molecule has 13 rings (SSSR count). The highest BCUT2D eigenvalue weighted by Gasteiger charge is 2.19. The Morgan fingerprint density at radius 2 is 0.774 bits per heavy atom. The summed E-state index contributed by atoms with van der Waals surface area (Å²) in [6.07, 6.45) is 0. The van der Waals surface area contributed by atoms with Crippen LogP contribution in [0.5, 0.6) is 0 Å². The third-order valence-electron chi connectivity index (χ3n) is 12.4. The molecule has 0 atom stereocenters. The zero-order valence-corrected chi connectivity index (χ0v) is 33.2. The number of hydrogen-bond donors (Lipinski definition) is 0. The average molecular weight is 792 g/mol. The Morgan fingerprint density at radius 3 is 1.58 bits per heavy atom. The molecule has 0 aliphatic rings. The largest absolute Gasteiger partial charge is 0.456 e. The Morgan fingerprint density at radius 1 is 0.258 bits per heavy atom. The van der Waals surface area contributed by atoms with Crippen molar-refractivity contribution < 1.29 is 8.83 Å². The highest BCUT2D eigenvalue weighted by molar-refractivity contribution is 6.19. The number of benzene rings is 10. The summed E-state index contributed by atoms with van der Waals surface area (Å²) in [5.41, 5.74) is 10.8. The summed E-state index contributed by atoms with van der Waals surface area (Å²) in [4.78, 5) is 15.8. The molecule has 0 aliphatic heterocycles. The van der Waals surface area contributed by atoms with E-state index in [1.807, 2.05) is 30.3 Å². The molecule has 0 unspecified atom stereocenters. The molecule has 62 heavy (non-hydrogen) atoms. The van der Waals surface area contributed by atoms with E-state index < -0.39 is 0 Å². The molecule has 10 aromatic carbocycles. The Labute approximate surface area is 355 Å². The molecule has 0 saturated heterocycles. The zero-order chi connectivity index (χ0) is 40.7. The van der Waals surface area contributed by atoms with Crippen LogP contribution >= 0.6 is 0 Å². The van der Waals surface area contributed by atoms with Crippen molar-refractivity contribution in [3.63, 3.8) is 0 Å². The van der Waals surface area contributed by atoms with Gasteiger partial charge in [0.05, 0.1) is 0 Å². The lowest BCUT2D eigenvalue weighted by atomic mass is 9.93. The Hall–Kier alpha value is -8.41. The Kier molecular flexibility index (Phi) is 7.54. The van der Waals surface area contributed by atoms with Gasteiger partial charge in [-0.15, -0.1) is 0 Å². The number of aromatic nitrogens is 3. The number of para-hydroxylation sites is 2. The van der Waals surface area contributed by atoms with E-state index in [1.165, 1.54) is 16.3 Å². The van der Waals surface area contributed by atoms with Crippen LogP contribution < -0.4 is 0 Å². The SMILES string of the molecule is c1ccc2c(-c3ccc(-c4nc(-c5ccc6c(ccc7oc8ccccc8c76)c5)nc(-c5cccc6c(-c7cccc8oc9ccccc9c78)cccc56)n4)cc3)cccc2c1. The minimum atomic E-state index is 0.602. The number of hydrogen-bond acceptors (Lipinski definition) is 5. The fourth-order valence-electron chi connectivity index (χ4n) is 9.46. The number of fused-ring (bicyclic) bond motifs is 10. The zero-order valence-electron chi connectivity index (χ0n) is 33.2. The van der Waals surface area contributed by atoms with E-state index in [4.69, 9.17) is 23.8 Å². The maximum absolute atomic E-state index is 6.31. The van der Waals surface area contributed by atoms with Crippen LogP contribution in [0.15, 0.2) is 209 Å². The first-order valence-electron chi connectivity index (χ1n) is 20.8. The second kappa shape index (κ2) is 13.6. The molecule has 0 amide bonds. The van der Waals surface area contributed by atoms with Crippen molar-refractivity contribution in [1.29, 1.82) is 0 Å². The lowest BCUT2D eigenvalue weighted by molar-refractivity contribution is 0.668. The lowest BCUT2D eigenvalue weighted by Gasteiger charge is -2.13. The smallest absolute Gasteiger partial charge is 0.164 e. The predicted molar refractivity (Wildman–Crippen MR) is 254 cm³/mol. The molecule has 5 nitrogen and oxygen atoms in total. The quantitative estimate of drug-likeness (QED) is 0.174. The van der Waals surface area contributed by atoms with Crippen LogP contribution in [-0.2, 0) is 0 Å². The third-order valence-corrected chi connectivity index (χ3v) is 12.4. The van der Waals surface area contributed by atoms with Gasteiger partial charge in [0, 0.05) is 38.2 Å². The van der Waals surface area contributed by atoms with E-state index in [9.17, 15) is 0 Å². The highest BCUT2D eigenvalue weighted by Crippen LogP contribution is 2.42. The highest BCUT2D eigenvalue weighted by atomic mass is 16.3. The van der Waals surface area contributed by atoms with Crippen molar-refractivity contribution in [2.24, 2.45) is 0 Å². The van der Waals surface area contributed by atoms with Crippen LogP contribution in [0.1, 0.15) is 0 Å². The number of rotatable bonds is 5. The first kappa shape index (κ1) is 34.5. The molecule has 0 bridgehead atoms. The molecule has 0 N–H and O–H groups in total. The summed E-state index contributed by atoms with van der Waals surface area (Å²) in [6, 6.07) is 69.9. The monoisotopic (exact) mass is 791 g/mol. The van der Waals surface area contributed by atoms with Gasteiger partial charge in [0.25, 0.3) is 0 Å². The maximum atomic E-state index is 6.31. The Balaban J connectivity index is 0.997. The molecular formula is C57H33N3O2. The van der Waals surface area contributed by atoms with Gasteiger partial charge in [-0.25, -0.2) is 15.0 Å². The summed E-state index contributed by atoms with van der Waals surface area (Å²) >= 11 is 0. The summed E-state index contributed by atoms with van der Waals surface area (Å²) in [5, 5.41) is 11.2. The first-order valence-corrected chi connectivity index (χ1v) is 20.8. The van der Waals surface area contributed by atoms with E-state index in [1.54, 1.807) is 0 Å². The van der Waals surface area contributed by atoms with Crippen molar-refractivity contribution in [3.8, 4) is 56.4 Å². The molecule has 13 aromatic rings. The van der Waals surface area contributed by atoms with Crippen LogP contribution in [0.4, 0.5) is 0 Å². The molecule has 0 fully saturated rings. The van der Waals surface area contributed by atoms with Crippen LogP contribution in [0.2, 0.25) is 0 Å². The van der Waals surface area contributed by atoms with Gasteiger partial charge in [-0.05, 0) is 84.9 Å². The van der Waals surface area contributed by atoms with Crippen LogP contribution in [-0.4, -0.2) is 15.0 Å². The molecule has 0 saturated carbocycles. The first-order chi connectivity index (χ1) is 30.7. The fourth-order valence-corrected chi connectivity index (χ4v) is 9.46. The van der Waals surface area contributed by atoms with Gasteiger partial charge in [-0.2, -0.15) is 0 Å². The predicted octanol–water partition coefficient (Wildman–Crippen LogP) is 15.5. The molecule has 0 spiro atoms. The second-order valence-electron chi connectivity index (χ2n) is 15.9. The fraction of sp³-hybridized carbons (Fsp3) is 0. The van der Waals surface area contributed by atoms with Gasteiger partial charge < -0.3 is 8.83 Å². The minimum Gasteiger partial charge on any atom is -0.456 e. The summed E-state index contributed by atoms with van der Waals surface area (Å²) in [5.74, 6) is 1.81. The van der Waals surface area contributed by atoms with Crippen molar-refractivity contribution in [2.45, 2.75) is 0 Å². The van der Waals surface area contributed by atoms with E-state index in [0.717, 1.165) is 98.8 Å². The van der Waals surface area contributed by atoms with Crippen LogP contribution in [0.25, 0.3) is 133 Å². The van der Waals surface area contributed by atoms with Gasteiger partial charge in [0.2, 0.25) is 0 Å². The minimum absolute atomic E-state index is 0.602. The Bertz CT molecular complexity index is 3930. The van der Waals surface area contributed by atoms with Crippen LogP contribution in [0, 0.1) is 0 Å². The van der Waals surface area contributed by atoms with Gasteiger partial charge in [0.15, 0.2) is 17.5 Å². The van der Waals surface area contributed by atoms with Crippen molar-refractivity contribution in [3.05, 3.63) is 200 Å². The molecule has 0 aliphatic carbocycles. The number of nitrogens with zero attached hydrogens (tertiary/aromatic N) is 3. The normalized spacial score (nSPS) is 11.9.